The van der Waals surface area contributed by atoms with Gasteiger partial charge in [-0.3, -0.25) is 4.90 Å². The van der Waals surface area contributed by atoms with Crippen molar-refractivity contribution in [3.8, 4) is 5.75 Å². The van der Waals surface area contributed by atoms with Crippen molar-refractivity contribution < 1.29 is 5.11 Å². The molecular formula is C15H22N2O. The monoisotopic (exact) mass is 246 g/mol. The molecule has 1 fully saturated rings. The molecule has 0 spiro atoms. The summed E-state index contributed by atoms with van der Waals surface area (Å²) in [6.45, 7) is 7.15. The minimum absolute atomic E-state index is 0.402. The van der Waals surface area contributed by atoms with E-state index in [9.17, 15) is 5.11 Å². The van der Waals surface area contributed by atoms with E-state index in [1.165, 1.54) is 50.1 Å². The maximum Gasteiger partial charge on any atom is 0.115 e. The molecule has 3 heteroatoms. The number of likely N-dealkylation sites (tertiary alicyclic amines) is 1. The number of nitrogens with zero attached hydrogens (tertiary/aromatic N) is 2. The first-order chi connectivity index (χ1) is 8.81. The molecule has 0 unspecified atom stereocenters. The van der Waals surface area contributed by atoms with Gasteiger partial charge in [0.15, 0.2) is 0 Å². The zero-order chi connectivity index (χ0) is 12.4. The maximum absolute atomic E-state index is 9.48. The second kappa shape index (κ2) is 5.29. The normalized spacial score (nSPS) is 21.1. The van der Waals surface area contributed by atoms with Gasteiger partial charge in [-0.05, 0) is 55.6 Å². The van der Waals surface area contributed by atoms with Crippen molar-refractivity contribution in [3.05, 3.63) is 29.3 Å². The molecule has 0 atom stereocenters. The van der Waals surface area contributed by atoms with E-state index >= 15 is 0 Å². The molecule has 3 rings (SSSR count). The highest BCUT2D eigenvalue weighted by Gasteiger charge is 2.18. The number of hydrogen-bond acceptors (Lipinski definition) is 3. The van der Waals surface area contributed by atoms with Gasteiger partial charge in [0.2, 0.25) is 0 Å². The van der Waals surface area contributed by atoms with E-state index in [4.69, 9.17) is 0 Å². The highest BCUT2D eigenvalue weighted by molar-refractivity contribution is 5.36. The van der Waals surface area contributed by atoms with Gasteiger partial charge < -0.3 is 10.0 Å². The number of aromatic hydroxyl groups is 1. The second-order valence-corrected chi connectivity index (χ2v) is 5.53. The molecule has 2 heterocycles. The van der Waals surface area contributed by atoms with Gasteiger partial charge in [-0.15, -0.1) is 0 Å². The van der Waals surface area contributed by atoms with Gasteiger partial charge in [0.05, 0.1) is 0 Å². The van der Waals surface area contributed by atoms with Gasteiger partial charge >= 0.3 is 0 Å². The van der Waals surface area contributed by atoms with Crippen LogP contribution in [0.25, 0.3) is 0 Å². The highest BCUT2D eigenvalue weighted by Crippen LogP contribution is 2.23. The molecule has 0 radical (unpaired) electrons. The third-order valence-corrected chi connectivity index (χ3v) is 4.21. The first-order valence-electron chi connectivity index (χ1n) is 7.07. The van der Waals surface area contributed by atoms with Crippen LogP contribution in [0.3, 0.4) is 0 Å². The van der Waals surface area contributed by atoms with E-state index in [0.717, 1.165) is 19.5 Å². The van der Waals surface area contributed by atoms with Crippen LogP contribution >= 0.6 is 0 Å². The lowest BCUT2D eigenvalue weighted by atomic mass is 9.99. The summed E-state index contributed by atoms with van der Waals surface area (Å²) in [4.78, 5) is 5.12. The topological polar surface area (TPSA) is 26.7 Å². The average Bonchev–Trinajstić information content (AvgIpc) is 2.89. The Morgan fingerprint density at radius 2 is 1.72 bits per heavy atom. The molecule has 18 heavy (non-hydrogen) atoms. The number of phenols is 1. The Morgan fingerprint density at radius 3 is 2.56 bits per heavy atom. The fraction of sp³-hybridized carbons (Fsp3) is 0.600. The molecule has 98 valence electrons. The van der Waals surface area contributed by atoms with Crippen molar-refractivity contribution in [2.75, 3.05) is 32.7 Å². The van der Waals surface area contributed by atoms with Gasteiger partial charge in [0.1, 0.15) is 5.75 Å². The second-order valence-electron chi connectivity index (χ2n) is 5.53. The molecule has 0 bridgehead atoms. The Morgan fingerprint density at radius 1 is 0.944 bits per heavy atom. The maximum atomic E-state index is 9.48. The predicted octanol–water partition coefficient (Wildman–Crippen LogP) is 1.85. The summed E-state index contributed by atoms with van der Waals surface area (Å²) in [5.74, 6) is 0.402. The standard InChI is InChI=1S/C15H22N2O/c18-15-4-3-14-12-17(8-5-13(14)11-15)10-9-16-6-1-2-7-16/h3-4,11,18H,1-2,5-10,12H2. The van der Waals surface area contributed by atoms with E-state index in [0.29, 0.717) is 5.75 Å². The molecule has 0 amide bonds. The Bertz CT molecular complexity index is 413. The van der Waals surface area contributed by atoms with Gasteiger partial charge in [-0.25, -0.2) is 0 Å². The molecule has 1 aromatic carbocycles. The van der Waals surface area contributed by atoms with Crippen molar-refractivity contribution in [2.24, 2.45) is 0 Å². The van der Waals surface area contributed by atoms with Gasteiger partial charge in [0.25, 0.3) is 0 Å². The summed E-state index contributed by atoms with van der Waals surface area (Å²) in [5.41, 5.74) is 2.72. The number of rotatable bonds is 3. The van der Waals surface area contributed by atoms with Crippen LogP contribution in [0.1, 0.15) is 24.0 Å². The number of fused-ring (bicyclic) bond motifs is 1. The lowest BCUT2D eigenvalue weighted by Crippen LogP contribution is -2.37. The minimum Gasteiger partial charge on any atom is -0.508 e. The molecule has 1 N–H and O–H groups in total. The van der Waals surface area contributed by atoms with E-state index in [-0.39, 0.29) is 0 Å². The van der Waals surface area contributed by atoms with Gasteiger partial charge in [0, 0.05) is 26.2 Å². The third-order valence-electron chi connectivity index (χ3n) is 4.21. The smallest absolute Gasteiger partial charge is 0.115 e. The van der Waals surface area contributed by atoms with Crippen LogP contribution in [-0.4, -0.2) is 47.6 Å². The summed E-state index contributed by atoms with van der Waals surface area (Å²) in [6.07, 6.45) is 3.83. The molecule has 3 nitrogen and oxygen atoms in total. The molecule has 0 saturated carbocycles. The lowest BCUT2D eigenvalue weighted by Gasteiger charge is -2.30. The van der Waals surface area contributed by atoms with E-state index in [1.807, 2.05) is 12.1 Å². The molecule has 2 aliphatic rings. The minimum atomic E-state index is 0.402. The first-order valence-corrected chi connectivity index (χ1v) is 7.07. The van der Waals surface area contributed by atoms with E-state index in [2.05, 4.69) is 15.9 Å². The lowest BCUT2D eigenvalue weighted by molar-refractivity contribution is 0.211. The SMILES string of the molecule is Oc1ccc2c(c1)CCN(CCN1CCCC1)C2. The van der Waals surface area contributed by atoms with Crippen molar-refractivity contribution in [3.63, 3.8) is 0 Å². The first kappa shape index (κ1) is 12.0. The van der Waals surface area contributed by atoms with Gasteiger partial charge in [-0.1, -0.05) is 6.07 Å². The Hall–Kier alpha value is -1.06. The summed E-state index contributed by atoms with van der Waals surface area (Å²) in [7, 11) is 0. The van der Waals surface area contributed by atoms with Crippen LogP contribution in [0.5, 0.6) is 5.75 Å². The fourth-order valence-electron chi connectivity index (χ4n) is 3.08. The van der Waals surface area contributed by atoms with Crippen molar-refractivity contribution >= 4 is 0 Å². The van der Waals surface area contributed by atoms with Gasteiger partial charge in [-0.2, -0.15) is 0 Å². The summed E-state index contributed by atoms with van der Waals surface area (Å²) in [6, 6.07) is 5.81. The summed E-state index contributed by atoms with van der Waals surface area (Å²) in [5, 5.41) is 9.48. The zero-order valence-electron chi connectivity index (χ0n) is 10.9. The largest absolute Gasteiger partial charge is 0.508 e. The molecule has 2 aliphatic heterocycles. The van der Waals surface area contributed by atoms with Crippen LogP contribution in [0.15, 0.2) is 18.2 Å². The Balaban J connectivity index is 1.55. The van der Waals surface area contributed by atoms with Crippen molar-refractivity contribution in [1.82, 2.24) is 9.80 Å². The van der Waals surface area contributed by atoms with Crippen LogP contribution in [0.2, 0.25) is 0 Å². The summed E-state index contributed by atoms with van der Waals surface area (Å²) >= 11 is 0. The van der Waals surface area contributed by atoms with E-state index < -0.39 is 0 Å². The van der Waals surface area contributed by atoms with Crippen molar-refractivity contribution in [2.45, 2.75) is 25.8 Å². The molecule has 1 aromatic rings. The van der Waals surface area contributed by atoms with Crippen molar-refractivity contribution in [1.29, 1.82) is 0 Å². The average molecular weight is 246 g/mol. The van der Waals surface area contributed by atoms with Crippen LogP contribution in [0.4, 0.5) is 0 Å². The van der Waals surface area contributed by atoms with Crippen LogP contribution in [0, 0.1) is 0 Å². The zero-order valence-corrected chi connectivity index (χ0v) is 10.9. The fourth-order valence-corrected chi connectivity index (χ4v) is 3.08. The molecule has 0 aromatic heterocycles. The van der Waals surface area contributed by atoms with Crippen LogP contribution < -0.4 is 0 Å². The molecule has 1 saturated heterocycles. The van der Waals surface area contributed by atoms with E-state index in [1.54, 1.807) is 0 Å². The number of phenolic OH excluding ortho intramolecular Hbond substituents is 1. The highest BCUT2D eigenvalue weighted by atomic mass is 16.3. The Kier molecular flexibility index (Phi) is 3.52. The molecule has 0 aliphatic carbocycles. The Labute approximate surface area is 109 Å². The number of hydrogen-bond donors (Lipinski definition) is 1. The third kappa shape index (κ3) is 2.68. The van der Waals surface area contributed by atoms with Crippen LogP contribution in [-0.2, 0) is 13.0 Å². The quantitative estimate of drug-likeness (QED) is 0.881. The molecular weight excluding hydrogens is 224 g/mol. The number of benzene rings is 1. The predicted molar refractivity (Wildman–Crippen MR) is 72.8 cm³/mol. The summed E-state index contributed by atoms with van der Waals surface area (Å²) < 4.78 is 0.